The number of nitrogens with one attached hydrogen (secondary N) is 1. The molecule has 26 heavy (non-hydrogen) atoms. The van der Waals surface area contributed by atoms with Crippen LogP contribution in [0.1, 0.15) is 40.6 Å². The Labute approximate surface area is 151 Å². The molecule has 1 aromatic heterocycles. The Bertz CT molecular complexity index is 830. The smallest absolute Gasteiger partial charge is 0.278 e. The maximum Gasteiger partial charge on any atom is 0.278 e. The van der Waals surface area contributed by atoms with Crippen LogP contribution in [0.3, 0.4) is 0 Å². The van der Waals surface area contributed by atoms with Gasteiger partial charge in [-0.3, -0.25) is 9.59 Å². The Morgan fingerprint density at radius 2 is 1.88 bits per heavy atom. The molecule has 2 heterocycles. The molecule has 0 radical (unpaired) electrons. The lowest BCUT2D eigenvalue weighted by atomic mass is 10.0. The molecule has 1 aromatic carbocycles. The van der Waals surface area contributed by atoms with Crippen molar-refractivity contribution in [3.05, 3.63) is 41.9 Å². The molecule has 0 unspecified atom stereocenters. The van der Waals surface area contributed by atoms with Gasteiger partial charge in [-0.05, 0) is 38.0 Å². The van der Waals surface area contributed by atoms with E-state index in [0.29, 0.717) is 11.3 Å². The highest BCUT2D eigenvalue weighted by molar-refractivity contribution is 6.08. The number of nitrogens with zero attached hydrogens (tertiary/aromatic N) is 3. The summed E-state index contributed by atoms with van der Waals surface area (Å²) in [5, 5.41) is 2.82. The summed E-state index contributed by atoms with van der Waals surface area (Å²) in [6.45, 7) is 3.06. The topological polar surface area (TPSA) is 127 Å². The van der Waals surface area contributed by atoms with Gasteiger partial charge in [-0.25, -0.2) is 9.97 Å². The number of ketones is 1. The second kappa shape index (κ2) is 7.49. The molecule has 2 aromatic rings. The molecule has 8 heteroatoms. The van der Waals surface area contributed by atoms with Gasteiger partial charge in [-0.1, -0.05) is 0 Å². The fraction of sp³-hybridized carbons (Fsp3) is 0.333. The number of aromatic nitrogens is 2. The summed E-state index contributed by atoms with van der Waals surface area (Å²) in [4.78, 5) is 34.4. The highest BCUT2D eigenvalue weighted by atomic mass is 16.2. The summed E-state index contributed by atoms with van der Waals surface area (Å²) in [6, 6.07) is 5.48. The first kappa shape index (κ1) is 17.8. The van der Waals surface area contributed by atoms with Crippen LogP contribution in [0, 0.1) is 0 Å². The lowest BCUT2D eigenvalue weighted by Crippen LogP contribution is -2.40. The molecule has 136 valence electrons. The van der Waals surface area contributed by atoms with E-state index >= 15 is 0 Å². The summed E-state index contributed by atoms with van der Waals surface area (Å²) in [5.41, 5.74) is 13.7. The summed E-state index contributed by atoms with van der Waals surface area (Å²) >= 11 is 0. The van der Waals surface area contributed by atoms with Gasteiger partial charge in [0.15, 0.2) is 17.3 Å². The van der Waals surface area contributed by atoms with Gasteiger partial charge >= 0.3 is 0 Å². The minimum absolute atomic E-state index is 0.0485. The first-order valence-corrected chi connectivity index (χ1v) is 8.49. The van der Waals surface area contributed by atoms with E-state index in [1.807, 2.05) is 6.07 Å². The van der Waals surface area contributed by atoms with E-state index in [0.717, 1.165) is 31.6 Å². The van der Waals surface area contributed by atoms with Gasteiger partial charge in [0.1, 0.15) is 0 Å². The molecular formula is C18H22N6O2. The van der Waals surface area contributed by atoms with Crippen LogP contribution in [0.2, 0.25) is 0 Å². The van der Waals surface area contributed by atoms with Crippen LogP contribution in [-0.4, -0.2) is 40.8 Å². The SMILES string of the molecule is CC(=O)c1ccc(N2CCC(N)CC2)c(NC(=O)c2nccnc2N)c1. The number of carbonyl (C=O) groups excluding carboxylic acids is 2. The van der Waals surface area contributed by atoms with Crippen LogP contribution in [-0.2, 0) is 0 Å². The standard InChI is InChI=1S/C18H22N6O2/c1-11(25)12-2-3-15(24-8-4-13(19)5-9-24)14(10-12)23-18(26)16-17(20)22-7-6-21-16/h2-3,6-7,10,13H,4-5,8-9,19H2,1H3,(H2,20,22)(H,23,26). The molecule has 0 bridgehead atoms. The fourth-order valence-electron chi connectivity index (χ4n) is 2.98. The normalized spacial score (nSPS) is 14.9. The quantitative estimate of drug-likeness (QED) is 0.709. The highest BCUT2D eigenvalue weighted by Gasteiger charge is 2.21. The Hall–Kier alpha value is -3.00. The van der Waals surface area contributed by atoms with Gasteiger partial charge in [0.2, 0.25) is 0 Å². The molecular weight excluding hydrogens is 332 g/mol. The number of carbonyl (C=O) groups is 2. The van der Waals surface area contributed by atoms with Crippen molar-refractivity contribution in [3.63, 3.8) is 0 Å². The molecule has 5 N–H and O–H groups in total. The second-order valence-electron chi connectivity index (χ2n) is 6.36. The second-order valence-corrected chi connectivity index (χ2v) is 6.36. The third-order valence-electron chi connectivity index (χ3n) is 4.47. The van der Waals surface area contributed by atoms with Crippen LogP contribution in [0.4, 0.5) is 17.2 Å². The zero-order valence-corrected chi connectivity index (χ0v) is 14.6. The largest absolute Gasteiger partial charge is 0.382 e. The van der Waals surface area contributed by atoms with Gasteiger partial charge in [-0.15, -0.1) is 0 Å². The van der Waals surface area contributed by atoms with Crippen molar-refractivity contribution < 1.29 is 9.59 Å². The lowest BCUT2D eigenvalue weighted by molar-refractivity contribution is 0.100. The average molecular weight is 354 g/mol. The van der Waals surface area contributed by atoms with Gasteiger partial charge < -0.3 is 21.7 Å². The predicted molar refractivity (Wildman–Crippen MR) is 100 cm³/mol. The third kappa shape index (κ3) is 3.80. The summed E-state index contributed by atoms with van der Waals surface area (Å²) < 4.78 is 0. The molecule has 0 spiro atoms. The number of benzene rings is 1. The van der Waals surface area contributed by atoms with Crippen molar-refractivity contribution in [2.24, 2.45) is 5.73 Å². The zero-order chi connectivity index (χ0) is 18.7. The molecule has 0 atom stereocenters. The van der Waals surface area contributed by atoms with Gasteiger partial charge in [0, 0.05) is 37.1 Å². The molecule has 3 rings (SSSR count). The zero-order valence-electron chi connectivity index (χ0n) is 14.6. The lowest BCUT2D eigenvalue weighted by Gasteiger charge is -2.33. The van der Waals surface area contributed by atoms with Crippen molar-refractivity contribution in [3.8, 4) is 0 Å². The van der Waals surface area contributed by atoms with Gasteiger partial charge in [-0.2, -0.15) is 0 Å². The number of hydrogen-bond donors (Lipinski definition) is 3. The van der Waals surface area contributed by atoms with Crippen LogP contribution in [0.15, 0.2) is 30.6 Å². The molecule has 1 amide bonds. The minimum Gasteiger partial charge on any atom is -0.382 e. The number of hydrogen-bond acceptors (Lipinski definition) is 7. The van der Waals surface area contributed by atoms with Crippen molar-refractivity contribution in [1.82, 2.24) is 9.97 Å². The molecule has 1 fully saturated rings. The predicted octanol–water partition coefficient (Wildman–Crippen LogP) is 1.44. The number of rotatable bonds is 4. The molecule has 1 aliphatic heterocycles. The van der Waals surface area contributed by atoms with Crippen LogP contribution >= 0.6 is 0 Å². The van der Waals surface area contributed by atoms with Crippen molar-refractivity contribution in [2.75, 3.05) is 29.0 Å². The number of anilines is 3. The van der Waals surface area contributed by atoms with Crippen LogP contribution < -0.4 is 21.7 Å². The van der Waals surface area contributed by atoms with Crippen LogP contribution in [0.5, 0.6) is 0 Å². The Kier molecular flexibility index (Phi) is 5.13. The Morgan fingerprint density at radius 3 is 2.54 bits per heavy atom. The monoisotopic (exact) mass is 354 g/mol. The van der Waals surface area contributed by atoms with E-state index in [1.165, 1.54) is 19.3 Å². The number of piperidine rings is 1. The van der Waals surface area contributed by atoms with E-state index in [9.17, 15) is 9.59 Å². The third-order valence-corrected chi connectivity index (χ3v) is 4.47. The number of amides is 1. The van der Waals surface area contributed by atoms with Crippen molar-refractivity contribution in [1.29, 1.82) is 0 Å². The molecule has 1 aliphatic rings. The van der Waals surface area contributed by atoms with E-state index in [2.05, 4.69) is 20.2 Å². The Morgan fingerprint density at radius 1 is 1.19 bits per heavy atom. The van der Waals surface area contributed by atoms with Crippen molar-refractivity contribution >= 4 is 28.9 Å². The number of nitrogens with two attached hydrogens (primary N) is 2. The van der Waals surface area contributed by atoms with Crippen LogP contribution in [0.25, 0.3) is 0 Å². The highest BCUT2D eigenvalue weighted by Crippen LogP contribution is 2.30. The maximum atomic E-state index is 12.6. The minimum atomic E-state index is -0.466. The summed E-state index contributed by atoms with van der Waals surface area (Å²) in [7, 11) is 0. The van der Waals surface area contributed by atoms with E-state index in [1.54, 1.807) is 12.1 Å². The molecule has 0 aliphatic carbocycles. The fourth-order valence-corrected chi connectivity index (χ4v) is 2.98. The first-order chi connectivity index (χ1) is 12.5. The maximum absolute atomic E-state index is 12.6. The molecule has 0 saturated carbocycles. The van der Waals surface area contributed by atoms with E-state index in [-0.39, 0.29) is 23.3 Å². The van der Waals surface area contributed by atoms with Gasteiger partial charge in [0.25, 0.3) is 5.91 Å². The van der Waals surface area contributed by atoms with Crippen molar-refractivity contribution in [2.45, 2.75) is 25.8 Å². The number of nitrogen functional groups attached to an aromatic ring is 1. The van der Waals surface area contributed by atoms with E-state index in [4.69, 9.17) is 11.5 Å². The summed E-state index contributed by atoms with van der Waals surface area (Å²) in [5.74, 6) is -0.490. The Balaban J connectivity index is 1.92. The summed E-state index contributed by atoms with van der Waals surface area (Å²) in [6.07, 6.45) is 4.58. The first-order valence-electron chi connectivity index (χ1n) is 8.49. The van der Waals surface area contributed by atoms with E-state index < -0.39 is 5.91 Å². The van der Waals surface area contributed by atoms with Gasteiger partial charge in [0.05, 0.1) is 11.4 Å². The molecule has 8 nitrogen and oxygen atoms in total. The number of Topliss-reactive ketones (excluding diaryl/α,β-unsaturated/α-hetero) is 1. The average Bonchev–Trinajstić information content (AvgIpc) is 2.62. The molecule has 1 saturated heterocycles.